The summed E-state index contributed by atoms with van der Waals surface area (Å²) < 4.78 is 45.1. The number of alkyl halides is 3. The van der Waals surface area contributed by atoms with E-state index in [1.807, 2.05) is 0 Å². The Morgan fingerprint density at radius 1 is 1.53 bits per heavy atom. The number of thiophene rings is 1. The molecule has 2 N–H and O–H groups in total. The van der Waals surface area contributed by atoms with E-state index in [2.05, 4.69) is 9.47 Å². The molecular formula is C7H6F3NO3S. The molecule has 0 saturated heterocycles. The molecule has 0 fully saturated rings. The summed E-state index contributed by atoms with van der Waals surface area (Å²) in [6, 6.07) is 0.697. The minimum atomic E-state index is -4.50. The Bertz CT molecular complexity index is 374. The van der Waals surface area contributed by atoms with Crippen LogP contribution in [0.5, 0.6) is 5.06 Å². The quantitative estimate of drug-likeness (QED) is 0.767. The molecule has 0 aliphatic carbocycles. The third-order valence-electron chi connectivity index (χ3n) is 1.35. The number of carbonyl (C=O) groups excluding carboxylic acids is 1. The van der Waals surface area contributed by atoms with Crippen molar-refractivity contribution in [2.75, 3.05) is 12.8 Å². The lowest BCUT2D eigenvalue weighted by molar-refractivity contribution is -0.134. The highest BCUT2D eigenvalue weighted by Gasteiger charge is 2.34. The van der Waals surface area contributed by atoms with Crippen LogP contribution in [0.4, 0.5) is 23.7 Å². The average Bonchev–Trinajstić information content (AvgIpc) is 2.47. The first-order chi connectivity index (χ1) is 6.84. The molecule has 0 aliphatic rings. The fraction of sp³-hybridized carbons (Fsp3) is 0.286. The van der Waals surface area contributed by atoms with Crippen molar-refractivity contribution in [3.05, 3.63) is 10.9 Å². The third kappa shape index (κ3) is 2.75. The monoisotopic (exact) mass is 241 g/mol. The minimum absolute atomic E-state index is 0.237. The van der Waals surface area contributed by atoms with Gasteiger partial charge >= 0.3 is 12.3 Å². The highest BCUT2D eigenvalue weighted by atomic mass is 32.1. The van der Waals surface area contributed by atoms with E-state index in [-0.39, 0.29) is 22.1 Å². The van der Waals surface area contributed by atoms with Crippen LogP contribution in [-0.2, 0) is 10.9 Å². The van der Waals surface area contributed by atoms with E-state index in [4.69, 9.17) is 5.73 Å². The van der Waals surface area contributed by atoms with Gasteiger partial charge in [-0.1, -0.05) is 11.3 Å². The number of hydrogen-bond acceptors (Lipinski definition) is 5. The van der Waals surface area contributed by atoms with E-state index in [1.54, 1.807) is 0 Å². The van der Waals surface area contributed by atoms with E-state index in [9.17, 15) is 18.0 Å². The number of ether oxygens (including phenoxy) is 2. The molecular weight excluding hydrogens is 235 g/mol. The molecule has 0 aromatic carbocycles. The molecule has 1 rings (SSSR count). The molecule has 1 aromatic heterocycles. The number of methoxy groups -OCH3 is 1. The summed E-state index contributed by atoms with van der Waals surface area (Å²) in [4.78, 5) is 9.69. The van der Waals surface area contributed by atoms with Gasteiger partial charge in [0.1, 0.15) is 4.88 Å². The van der Waals surface area contributed by atoms with Gasteiger partial charge in [0.05, 0.1) is 12.8 Å². The second-order valence-electron chi connectivity index (χ2n) is 2.41. The molecule has 4 nitrogen and oxygen atoms in total. The normalized spacial score (nSPS) is 11.2. The first-order valence-electron chi connectivity index (χ1n) is 3.57. The highest BCUT2D eigenvalue weighted by molar-refractivity contribution is 7.14. The van der Waals surface area contributed by atoms with Crippen molar-refractivity contribution < 1.29 is 27.4 Å². The maximum atomic E-state index is 12.2. The molecule has 0 bridgehead atoms. The van der Waals surface area contributed by atoms with Crippen LogP contribution in [0.15, 0.2) is 6.07 Å². The Morgan fingerprint density at radius 2 is 2.13 bits per heavy atom. The summed E-state index contributed by atoms with van der Waals surface area (Å²) >= 11 is 0.237. The van der Waals surface area contributed by atoms with Crippen molar-refractivity contribution in [2.24, 2.45) is 0 Å². The summed E-state index contributed by atoms with van der Waals surface area (Å²) in [5.74, 6) is 0. The van der Waals surface area contributed by atoms with Crippen molar-refractivity contribution in [1.29, 1.82) is 0 Å². The van der Waals surface area contributed by atoms with Gasteiger partial charge in [-0.3, -0.25) is 0 Å². The zero-order valence-corrected chi connectivity index (χ0v) is 8.24. The van der Waals surface area contributed by atoms with Gasteiger partial charge in [0.15, 0.2) is 0 Å². The average molecular weight is 241 g/mol. The van der Waals surface area contributed by atoms with Crippen LogP contribution in [0.2, 0.25) is 0 Å². The van der Waals surface area contributed by atoms with Gasteiger partial charge in [-0.25, -0.2) is 4.79 Å². The van der Waals surface area contributed by atoms with Crippen LogP contribution in [0.3, 0.4) is 0 Å². The molecule has 0 aliphatic heterocycles. The molecule has 0 spiro atoms. The molecule has 8 heteroatoms. The Kier molecular flexibility index (Phi) is 3.08. The smallest absolute Gasteiger partial charge is 0.437 e. The maximum absolute atomic E-state index is 12.2. The Morgan fingerprint density at radius 3 is 2.53 bits per heavy atom. The lowest BCUT2D eigenvalue weighted by Crippen LogP contribution is -2.07. The Balaban J connectivity index is 2.92. The first kappa shape index (κ1) is 11.6. The summed E-state index contributed by atoms with van der Waals surface area (Å²) in [6.07, 6.45) is -5.62. The molecule has 0 saturated carbocycles. The molecule has 0 amide bonds. The summed E-state index contributed by atoms with van der Waals surface area (Å²) in [7, 11) is 1.04. The number of anilines is 1. The van der Waals surface area contributed by atoms with E-state index >= 15 is 0 Å². The lowest BCUT2D eigenvalue weighted by Gasteiger charge is -2.00. The SMILES string of the molecule is COC(=O)Oc1sc(C(F)(F)F)cc1N. The van der Waals surface area contributed by atoms with Gasteiger partial charge in [-0.15, -0.1) is 0 Å². The topological polar surface area (TPSA) is 61.5 Å². The minimum Gasteiger partial charge on any atom is -0.437 e. The number of nitrogens with two attached hydrogens (primary N) is 1. The predicted molar refractivity (Wildman–Crippen MR) is 46.8 cm³/mol. The zero-order valence-electron chi connectivity index (χ0n) is 7.42. The van der Waals surface area contributed by atoms with Gasteiger partial charge in [-0.2, -0.15) is 13.2 Å². The second-order valence-corrected chi connectivity index (χ2v) is 3.42. The van der Waals surface area contributed by atoms with Gasteiger partial charge < -0.3 is 15.2 Å². The van der Waals surface area contributed by atoms with Crippen molar-refractivity contribution in [1.82, 2.24) is 0 Å². The van der Waals surface area contributed by atoms with E-state index < -0.39 is 17.2 Å². The fourth-order valence-electron chi connectivity index (χ4n) is 0.725. The number of rotatable bonds is 1. The summed E-state index contributed by atoms with van der Waals surface area (Å²) in [6.45, 7) is 0. The van der Waals surface area contributed by atoms with Crippen LogP contribution in [0.1, 0.15) is 4.88 Å². The van der Waals surface area contributed by atoms with Gasteiger partial charge in [0, 0.05) is 0 Å². The number of hydrogen-bond donors (Lipinski definition) is 1. The Hall–Kier alpha value is -1.44. The highest BCUT2D eigenvalue weighted by Crippen LogP contribution is 2.42. The van der Waals surface area contributed by atoms with Crippen molar-refractivity contribution >= 4 is 23.2 Å². The largest absolute Gasteiger partial charge is 0.514 e. The van der Waals surface area contributed by atoms with E-state index in [1.165, 1.54) is 0 Å². The first-order valence-corrected chi connectivity index (χ1v) is 4.38. The Labute approximate surface area is 86.4 Å². The zero-order chi connectivity index (χ0) is 11.6. The fourth-order valence-corrected chi connectivity index (χ4v) is 1.51. The van der Waals surface area contributed by atoms with Gasteiger partial charge in [0.2, 0.25) is 5.06 Å². The van der Waals surface area contributed by atoms with Crippen LogP contribution in [0, 0.1) is 0 Å². The molecule has 15 heavy (non-hydrogen) atoms. The molecule has 0 radical (unpaired) electrons. The van der Waals surface area contributed by atoms with Gasteiger partial charge in [0.25, 0.3) is 0 Å². The van der Waals surface area contributed by atoms with Gasteiger partial charge in [-0.05, 0) is 6.07 Å². The van der Waals surface area contributed by atoms with E-state index in [0.29, 0.717) is 6.07 Å². The maximum Gasteiger partial charge on any atom is 0.514 e. The number of nitrogen functional groups attached to an aromatic ring is 1. The van der Waals surface area contributed by atoms with Crippen molar-refractivity contribution in [2.45, 2.75) is 6.18 Å². The van der Waals surface area contributed by atoms with Crippen LogP contribution >= 0.6 is 11.3 Å². The molecule has 0 unspecified atom stereocenters. The van der Waals surface area contributed by atoms with Crippen LogP contribution < -0.4 is 10.5 Å². The molecule has 0 atom stereocenters. The van der Waals surface area contributed by atoms with Crippen molar-refractivity contribution in [3.8, 4) is 5.06 Å². The number of halogens is 3. The predicted octanol–water partition coefficient (Wildman–Crippen LogP) is 2.49. The molecule has 1 heterocycles. The van der Waals surface area contributed by atoms with Crippen LogP contribution in [0.25, 0.3) is 0 Å². The third-order valence-corrected chi connectivity index (χ3v) is 2.42. The standard InChI is InChI=1S/C7H6F3NO3S/c1-13-6(12)14-5-3(11)2-4(15-5)7(8,9)10/h2H,11H2,1H3. The number of carbonyl (C=O) groups is 1. The van der Waals surface area contributed by atoms with Crippen LogP contribution in [-0.4, -0.2) is 13.3 Å². The second kappa shape index (κ2) is 3.97. The van der Waals surface area contributed by atoms with E-state index in [0.717, 1.165) is 7.11 Å². The lowest BCUT2D eigenvalue weighted by atomic mass is 10.4. The summed E-state index contributed by atoms with van der Waals surface area (Å²) in [5, 5.41) is -0.325. The molecule has 84 valence electrons. The summed E-state index contributed by atoms with van der Waals surface area (Å²) in [5.41, 5.74) is 4.97. The molecule has 1 aromatic rings. The van der Waals surface area contributed by atoms with Crippen molar-refractivity contribution in [3.63, 3.8) is 0 Å².